The van der Waals surface area contributed by atoms with Crippen LogP contribution < -0.4 is 5.32 Å². The Labute approximate surface area is 154 Å². The summed E-state index contributed by atoms with van der Waals surface area (Å²) in [5, 5.41) is 14.8. The SMILES string of the molecule is CCCn1nnnc1CN(CCOC)CC(=O)Nc1cccc(C)c1C. The fourth-order valence-corrected chi connectivity index (χ4v) is 2.64. The number of carbonyl (C=O) groups excluding carboxylic acids is 1. The summed E-state index contributed by atoms with van der Waals surface area (Å²) in [5.41, 5.74) is 3.08. The first-order valence-corrected chi connectivity index (χ1v) is 8.87. The number of benzene rings is 1. The second kappa shape index (κ2) is 9.98. The maximum Gasteiger partial charge on any atom is 0.238 e. The van der Waals surface area contributed by atoms with Crippen LogP contribution in [0.1, 0.15) is 30.3 Å². The Balaban J connectivity index is 2.03. The molecule has 0 bridgehead atoms. The summed E-state index contributed by atoms with van der Waals surface area (Å²) in [7, 11) is 1.65. The molecular formula is C18H28N6O2. The fraction of sp³-hybridized carbons (Fsp3) is 0.556. The predicted molar refractivity (Wildman–Crippen MR) is 99.8 cm³/mol. The molecule has 1 N–H and O–H groups in total. The maximum atomic E-state index is 12.5. The molecule has 0 saturated heterocycles. The zero-order valence-corrected chi connectivity index (χ0v) is 16.0. The first-order valence-electron chi connectivity index (χ1n) is 8.87. The zero-order chi connectivity index (χ0) is 18.9. The van der Waals surface area contributed by atoms with Gasteiger partial charge in [-0.25, -0.2) is 4.68 Å². The van der Waals surface area contributed by atoms with Gasteiger partial charge in [-0.05, 0) is 47.9 Å². The van der Waals surface area contributed by atoms with E-state index in [4.69, 9.17) is 4.74 Å². The summed E-state index contributed by atoms with van der Waals surface area (Å²) in [6.45, 7) is 8.77. The highest BCUT2D eigenvalue weighted by Gasteiger charge is 2.16. The van der Waals surface area contributed by atoms with Crippen molar-refractivity contribution in [3.05, 3.63) is 35.2 Å². The topological polar surface area (TPSA) is 85.2 Å². The lowest BCUT2D eigenvalue weighted by molar-refractivity contribution is -0.117. The van der Waals surface area contributed by atoms with Crippen molar-refractivity contribution in [3.8, 4) is 0 Å². The second-order valence-corrected chi connectivity index (χ2v) is 6.32. The van der Waals surface area contributed by atoms with Crippen LogP contribution in [0.2, 0.25) is 0 Å². The molecule has 2 rings (SSSR count). The standard InChI is InChI=1S/C18H28N6O2/c1-5-9-24-17(20-21-22-24)12-23(10-11-26-4)13-18(25)19-16-8-6-7-14(2)15(16)3/h6-8H,5,9-13H2,1-4H3,(H,19,25). The van der Waals surface area contributed by atoms with Gasteiger partial charge in [-0.2, -0.15) is 0 Å². The van der Waals surface area contributed by atoms with Crippen LogP contribution in [0.25, 0.3) is 0 Å². The largest absolute Gasteiger partial charge is 0.383 e. The number of anilines is 1. The van der Waals surface area contributed by atoms with Gasteiger partial charge in [0.05, 0.1) is 19.7 Å². The van der Waals surface area contributed by atoms with Gasteiger partial charge in [0.15, 0.2) is 5.82 Å². The molecule has 1 aromatic carbocycles. The molecule has 0 radical (unpaired) electrons. The summed E-state index contributed by atoms with van der Waals surface area (Å²) < 4.78 is 6.95. The number of carbonyl (C=O) groups is 1. The summed E-state index contributed by atoms with van der Waals surface area (Å²) in [6, 6.07) is 5.89. The van der Waals surface area contributed by atoms with Crippen molar-refractivity contribution in [1.29, 1.82) is 0 Å². The average molecular weight is 360 g/mol. The van der Waals surface area contributed by atoms with Gasteiger partial charge in [0, 0.05) is 25.9 Å². The van der Waals surface area contributed by atoms with Crippen LogP contribution in [0.15, 0.2) is 18.2 Å². The lowest BCUT2D eigenvalue weighted by Crippen LogP contribution is -2.36. The molecule has 0 fully saturated rings. The Kier molecular flexibility index (Phi) is 7.68. The lowest BCUT2D eigenvalue weighted by Gasteiger charge is -2.21. The first kappa shape index (κ1) is 20.0. The molecule has 142 valence electrons. The van der Waals surface area contributed by atoms with E-state index < -0.39 is 0 Å². The van der Waals surface area contributed by atoms with E-state index in [9.17, 15) is 4.79 Å². The Bertz CT molecular complexity index is 715. The van der Waals surface area contributed by atoms with Crippen LogP contribution in [0, 0.1) is 13.8 Å². The van der Waals surface area contributed by atoms with Gasteiger partial charge in [0.2, 0.25) is 5.91 Å². The minimum Gasteiger partial charge on any atom is -0.383 e. The Morgan fingerprint density at radius 2 is 2.15 bits per heavy atom. The number of aryl methyl sites for hydroxylation is 2. The number of rotatable bonds is 10. The van der Waals surface area contributed by atoms with E-state index in [1.54, 1.807) is 11.8 Å². The van der Waals surface area contributed by atoms with E-state index in [1.807, 2.05) is 36.9 Å². The Morgan fingerprint density at radius 3 is 2.88 bits per heavy atom. The van der Waals surface area contributed by atoms with Crippen LogP contribution in [-0.4, -0.2) is 57.8 Å². The molecule has 1 aromatic heterocycles. The number of hydrogen-bond donors (Lipinski definition) is 1. The summed E-state index contributed by atoms with van der Waals surface area (Å²) >= 11 is 0. The third kappa shape index (κ3) is 5.60. The van der Waals surface area contributed by atoms with Crippen LogP contribution in [0.5, 0.6) is 0 Å². The fourth-order valence-electron chi connectivity index (χ4n) is 2.64. The number of nitrogens with one attached hydrogen (secondary N) is 1. The molecule has 0 aliphatic heterocycles. The molecule has 26 heavy (non-hydrogen) atoms. The maximum absolute atomic E-state index is 12.5. The van der Waals surface area contributed by atoms with Gasteiger partial charge in [-0.3, -0.25) is 9.69 Å². The summed E-state index contributed by atoms with van der Waals surface area (Å²) in [4.78, 5) is 14.5. The van der Waals surface area contributed by atoms with E-state index in [1.165, 1.54) is 0 Å². The van der Waals surface area contributed by atoms with Crippen LogP contribution in [-0.2, 0) is 22.6 Å². The van der Waals surface area contributed by atoms with Crippen molar-refractivity contribution in [3.63, 3.8) is 0 Å². The van der Waals surface area contributed by atoms with Gasteiger partial charge in [0.1, 0.15) is 0 Å². The summed E-state index contributed by atoms with van der Waals surface area (Å²) in [6.07, 6.45) is 0.948. The molecule has 0 aliphatic carbocycles. The molecule has 0 spiro atoms. The molecule has 8 heteroatoms. The van der Waals surface area contributed by atoms with Crippen molar-refractivity contribution < 1.29 is 9.53 Å². The highest BCUT2D eigenvalue weighted by atomic mass is 16.5. The van der Waals surface area contributed by atoms with E-state index in [2.05, 4.69) is 27.8 Å². The van der Waals surface area contributed by atoms with Crippen molar-refractivity contribution in [2.24, 2.45) is 0 Å². The van der Waals surface area contributed by atoms with Gasteiger partial charge in [-0.15, -0.1) is 5.10 Å². The lowest BCUT2D eigenvalue weighted by atomic mass is 10.1. The highest BCUT2D eigenvalue weighted by Crippen LogP contribution is 2.17. The Morgan fingerprint density at radius 1 is 1.35 bits per heavy atom. The van der Waals surface area contributed by atoms with Gasteiger partial charge in [-0.1, -0.05) is 19.1 Å². The van der Waals surface area contributed by atoms with Crippen molar-refractivity contribution >= 4 is 11.6 Å². The molecule has 0 atom stereocenters. The molecular weight excluding hydrogens is 332 g/mol. The number of aromatic nitrogens is 4. The van der Waals surface area contributed by atoms with E-state index in [0.717, 1.165) is 35.6 Å². The third-order valence-corrected chi connectivity index (χ3v) is 4.26. The van der Waals surface area contributed by atoms with E-state index >= 15 is 0 Å². The summed E-state index contributed by atoms with van der Waals surface area (Å²) in [5.74, 6) is 0.687. The number of ether oxygens (including phenoxy) is 1. The third-order valence-electron chi connectivity index (χ3n) is 4.26. The van der Waals surface area contributed by atoms with Crippen molar-refractivity contribution in [2.45, 2.75) is 40.3 Å². The number of hydrogen-bond acceptors (Lipinski definition) is 6. The Hall–Kier alpha value is -2.32. The van der Waals surface area contributed by atoms with Gasteiger partial charge < -0.3 is 10.1 Å². The van der Waals surface area contributed by atoms with Crippen LogP contribution in [0.4, 0.5) is 5.69 Å². The minimum absolute atomic E-state index is 0.0654. The molecule has 0 aliphatic rings. The molecule has 2 aromatic rings. The van der Waals surface area contributed by atoms with Crippen molar-refractivity contribution in [1.82, 2.24) is 25.1 Å². The number of nitrogens with zero attached hydrogens (tertiary/aromatic N) is 5. The molecule has 1 heterocycles. The highest BCUT2D eigenvalue weighted by molar-refractivity contribution is 5.93. The quantitative estimate of drug-likeness (QED) is 0.695. The second-order valence-electron chi connectivity index (χ2n) is 6.32. The molecule has 0 saturated carbocycles. The molecule has 8 nitrogen and oxygen atoms in total. The van der Waals surface area contributed by atoms with Crippen LogP contribution >= 0.6 is 0 Å². The first-order chi connectivity index (χ1) is 12.5. The molecule has 1 amide bonds. The van der Waals surface area contributed by atoms with Gasteiger partial charge in [0.25, 0.3) is 0 Å². The van der Waals surface area contributed by atoms with Crippen molar-refractivity contribution in [2.75, 3.05) is 32.1 Å². The van der Waals surface area contributed by atoms with E-state index in [0.29, 0.717) is 19.7 Å². The molecule has 0 unspecified atom stereocenters. The van der Waals surface area contributed by atoms with E-state index in [-0.39, 0.29) is 12.5 Å². The zero-order valence-electron chi connectivity index (χ0n) is 16.0. The minimum atomic E-state index is -0.0654. The number of amides is 1. The number of methoxy groups -OCH3 is 1. The monoisotopic (exact) mass is 360 g/mol. The average Bonchev–Trinajstić information content (AvgIpc) is 3.04. The number of tetrazole rings is 1. The normalized spacial score (nSPS) is 11.1. The van der Waals surface area contributed by atoms with Crippen LogP contribution in [0.3, 0.4) is 0 Å². The van der Waals surface area contributed by atoms with Gasteiger partial charge >= 0.3 is 0 Å². The predicted octanol–water partition coefficient (Wildman–Crippen LogP) is 1.79. The smallest absolute Gasteiger partial charge is 0.238 e.